The molecule has 0 amide bonds. The van der Waals surface area contributed by atoms with Gasteiger partial charge in [0, 0.05) is 41.8 Å². The molecule has 1 aromatic carbocycles. The molecule has 1 saturated heterocycles. The summed E-state index contributed by atoms with van der Waals surface area (Å²) in [6.45, 7) is 7.39. The number of nitrogens with zero attached hydrogens (tertiary/aromatic N) is 5. The van der Waals surface area contributed by atoms with Gasteiger partial charge in [0.05, 0.1) is 19.5 Å². The maximum Gasteiger partial charge on any atom is 0.228 e. The van der Waals surface area contributed by atoms with Gasteiger partial charge in [0.2, 0.25) is 5.95 Å². The zero-order chi connectivity index (χ0) is 19.1. The van der Waals surface area contributed by atoms with Crippen molar-refractivity contribution in [1.29, 1.82) is 0 Å². The molecule has 1 aliphatic rings. The number of imidazole rings is 1. The highest BCUT2D eigenvalue weighted by atomic mass is 16.5. The molecule has 3 aromatic heterocycles. The van der Waals surface area contributed by atoms with Gasteiger partial charge in [-0.3, -0.25) is 0 Å². The second-order valence-corrected chi connectivity index (χ2v) is 7.30. The fraction of sp³-hybridized carbons (Fsp3) is 0.381. The van der Waals surface area contributed by atoms with Gasteiger partial charge in [-0.15, -0.1) is 0 Å². The van der Waals surface area contributed by atoms with Crippen molar-refractivity contribution in [1.82, 2.24) is 24.5 Å². The van der Waals surface area contributed by atoms with Gasteiger partial charge in [0.1, 0.15) is 11.2 Å². The molecule has 0 bridgehead atoms. The highest BCUT2D eigenvalue weighted by Crippen LogP contribution is 2.33. The van der Waals surface area contributed by atoms with Gasteiger partial charge in [-0.25, -0.2) is 9.97 Å². The molecule has 0 radical (unpaired) electrons. The van der Waals surface area contributed by atoms with E-state index in [-0.39, 0.29) is 0 Å². The van der Waals surface area contributed by atoms with Crippen LogP contribution in [0.25, 0.3) is 33.3 Å². The van der Waals surface area contributed by atoms with Crippen molar-refractivity contribution < 1.29 is 4.74 Å². The van der Waals surface area contributed by atoms with Gasteiger partial charge in [0.25, 0.3) is 0 Å². The van der Waals surface area contributed by atoms with Gasteiger partial charge in [-0.1, -0.05) is 19.1 Å². The average molecular weight is 376 g/mol. The Bertz CT molecular complexity index is 1120. The van der Waals surface area contributed by atoms with E-state index >= 15 is 0 Å². The van der Waals surface area contributed by atoms with Crippen LogP contribution in [-0.2, 0) is 4.74 Å². The third kappa shape index (κ3) is 2.74. The number of benzene rings is 1. The summed E-state index contributed by atoms with van der Waals surface area (Å²) in [5.74, 6) is 0.753. The van der Waals surface area contributed by atoms with E-state index in [2.05, 4.69) is 52.6 Å². The maximum absolute atomic E-state index is 5.52. The number of aromatic amines is 1. The first kappa shape index (κ1) is 17.2. The van der Waals surface area contributed by atoms with Crippen LogP contribution in [0.5, 0.6) is 0 Å². The predicted octanol–water partition coefficient (Wildman–Crippen LogP) is 3.78. The lowest BCUT2D eigenvalue weighted by molar-refractivity contribution is 0.122. The molecule has 28 heavy (non-hydrogen) atoms. The molecule has 0 aliphatic carbocycles. The first-order chi connectivity index (χ1) is 13.8. The molecule has 7 nitrogen and oxygen atoms in total. The number of hydrogen-bond donors (Lipinski definition) is 1. The van der Waals surface area contributed by atoms with E-state index in [9.17, 15) is 0 Å². The minimum Gasteiger partial charge on any atom is -0.378 e. The highest BCUT2D eigenvalue weighted by molar-refractivity contribution is 6.00. The molecule has 144 valence electrons. The van der Waals surface area contributed by atoms with Crippen LogP contribution < -0.4 is 4.90 Å². The van der Waals surface area contributed by atoms with Gasteiger partial charge in [0.15, 0.2) is 5.65 Å². The van der Waals surface area contributed by atoms with Crippen LogP contribution in [0.2, 0.25) is 0 Å². The second-order valence-electron chi connectivity index (χ2n) is 7.30. The number of rotatable bonds is 4. The van der Waals surface area contributed by atoms with Gasteiger partial charge < -0.3 is 19.2 Å². The Kier molecular flexibility index (Phi) is 4.24. The summed E-state index contributed by atoms with van der Waals surface area (Å²) < 4.78 is 7.68. The summed E-state index contributed by atoms with van der Waals surface area (Å²) >= 11 is 0. The summed E-state index contributed by atoms with van der Waals surface area (Å²) in [5.41, 5.74) is 4.81. The Balaban J connectivity index is 1.77. The highest BCUT2D eigenvalue weighted by Gasteiger charge is 2.22. The largest absolute Gasteiger partial charge is 0.378 e. The van der Waals surface area contributed by atoms with Crippen LogP contribution >= 0.6 is 0 Å². The summed E-state index contributed by atoms with van der Waals surface area (Å²) in [5, 5.41) is 1.15. The van der Waals surface area contributed by atoms with Crippen molar-refractivity contribution in [3.63, 3.8) is 0 Å². The Morgan fingerprint density at radius 1 is 1.18 bits per heavy atom. The van der Waals surface area contributed by atoms with E-state index in [1.807, 2.05) is 12.5 Å². The van der Waals surface area contributed by atoms with Crippen LogP contribution in [0.3, 0.4) is 0 Å². The van der Waals surface area contributed by atoms with Crippen molar-refractivity contribution in [3.05, 3.63) is 36.8 Å². The minimum absolute atomic E-state index is 0.327. The first-order valence-corrected chi connectivity index (χ1v) is 9.90. The predicted molar refractivity (Wildman–Crippen MR) is 111 cm³/mol. The molecule has 1 unspecified atom stereocenters. The Hall–Kier alpha value is -2.93. The lowest BCUT2D eigenvalue weighted by Crippen LogP contribution is -2.37. The molecule has 4 aromatic rings. The van der Waals surface area contributed by atoms with Gasteiger partial charge >= 0.3 is 0 Å². The van der Waals surface area contributed by atoms with Crippen molar-refractivity contribution >= 4 is 28.0 Å². The molecule has 1 fully saturated rings. The topological polar surface area (TPSA) is 71.9 Å². The third-order valence-corrected chi connectivity index (χ3v) is 5.62. The number of nitrogens with one attached hydrogen (secondary N) is 1. The molecule has 4 heterocycles. The lowest BCUT2D eigenvalue weighted by Gasteiger charge is -2.27. The monoisotopic (exact) mass is 376 g/mol. The standard InChI is InChI=1S/C21H24N6O/c1-3-14(2)27-13-23-19-18(16-5-4-6-17-15(16)7-8-22-17)24-21(25-20(19)27)26-9-11-28-12-10-26/h4-8,13-14,22H,3,9-12H2,1-2H3. The fourth-order valence-electron chi connectivity index (χ4n) is 3.81. The molecule has 1 atom stereocenters. The fourth-order valence-corrected chi connectivity index (χ4v) is 3.81. The molecule has 1 N–H and O–H groups in total. The number of aromatic nitrogens is 5. The van der Waals surface area contributed by atoms with Crippen LogP contribution in [0.1, 0.15) is 26.3 Å². The van der Waals surface area contributed by atoms with Crippen LogP contribution in [0.15, 0.2) is 36.8 Å². The average Bonchev–Trinajstić information content (AvgIpc) is 3.40. The molecule has 0 saturated carbocycles. The zero-order valence-corrected chi connectivity index (χ0v) is 16.2. The number of hydrogen-bond acceptors (Lipinski definition) is 5. The second kappa shape index (κ2) is 6.91. The first-order valence-electron chi connectivity index (χ1n) is 9.90. The number of anilines is 1. The molecule has 1 aliphatic heterocycles. The summed E-state index contributed by atoms with van der Waals surface area (Å²) in [4.78, 5) is 20.2. The lowest BCUT2D eigenvalue weighted by atomic mass is 10.1. The van der Waals surface area contributed by atoms with Gasteiger partial charge in [-0.2, -0.15) is 4.98 Å². The van der Waals surface area contributed by atoms with Crippen molar-refractivity contribution in [2.75, 3.05) is 31.2 Å². The molecule has 5 rings (SSSR count). The summed E-state index contributed by atoms with van der Waals surface area (Å²) in [6, 6.07) is 8.68. The number of ether oxygens (including phenoxy) is 1. The minimum atomic E-state index is 0.327. The van der Waals surface area contributed by atoms with Crippen molar-refractivity contribution in [3.8, 4) is 11.3 Å². The Morgan fingerprint density at radius 2 is 2.04 bits per heavy atom. The normalized spacial score (nSPS) is 16.1. The number of fused-ring (bicyclic) bond motifs is 2. The summed E-state index contributed by atoms with van der Waals surface area (Å²) in [7, 11) is 0. The smallest absolute Gasteiger partial charge is 0.228 e. The number of H-pyrrole nitrogens is 1. The van der Waals surface area contributed by atoms with Crippen molar-refractivity contribution in [2.24, 2.45) is 0 Å². The molecule has 0 spiro atoms. The zero-order valence-electron chi connectivity index (χ0n) is 16.2. The van der Waals surface area contributed by atoms with E-state index < -0.39 is 0 Å². The van der Waals surface area contributed by atoms with E-state index in [1.165, 1.54) is 0 Å². The van der Waals surface area contributed by atoms with E-state index in [1.54, 1.807) is 0 Å². The number of morpholine rings is 1. The Morgan fingerprint density at radius 3 is 2.86 bits per heavy atom. The van der Waals surface area contributed by atoms with Crippen LogP contribution in [0, 0.1) is 0 Å². The Labute approximate surface area is 163 Å². The molecular formula is C21H24N6O. The SMILES string of the molecule is CCC(C)n1cnc2c(-c3cccc4[nH]ccc34)nc(N3CCOCC3)nc21. The van der Waals surface area contributed by atoms with Crippen molar-refractivity contribution in [2.45, 2.75) is 26.3 Å². The third-order valence-electron chi connectivity index (χ3n) is 5.62. The van der Waals surface area contributed by atoms with Crippen LogP contribution in [0.4, 0.5) is 5.95 Å². The van der Waals surface area contributed by atoms with Gasteiger partial charge in [-0.05, 0) is 25.5 Å². The molecule has 7 heteroatoms. The van der Waals surface area contributed by atoms with E-state index in [4.69, 9.17) is 19.7 Å². The molecular weight excluding hydrogens is 352 g/mol. The maximum atomic E-state index is 5.52. The van der Waals surface area contributed by atoms with E-state index in [0.29, 0.717) is 19.3 Å². The quantitative estimate of drug-likeness (QED) is 0.587. The summed E-state index contributed by atoms with van der Waals surface area (Å²) in [6.07, 6.45) is 4.88. The van der Waals surface area contributed by atoms with E-state index in [0.717, 1.165) is 58.8 Å². The van der Waals surface area contributed by atoms with Crippen LogP contribution in [-0.4, -0.2) is 50.8 Å².